The highest BCUT2D eigenvalue weighted by Crippen LogP contribution is 2.28. The van der Waals surface area contributed by atoms with E-state index in [1.807, 2.05) is 39.0 Å². The first-order chi connectivity index (χ1) is 11.8. The summed E-state index contributed by atoms with van der Waals surface area (Å²) >= 11 is 0. The number of hydrogen-bond donors (Lipinski definition) is 1. The molecule has 6 heteroatoms. The van der Waals surface area contributed by atoms with Gasteiger partial charge in [0.1, 0.15) is 0 Å². The molecule has 0 spiro atoms. The van der Waals surface area contributed by atoms with Crippen LogP contribution in [0.1, 0.15) is 26.3 Å². The van der Waals surface area contributed by atoms with Gasteiger partial charge in [-0.1, -0.05) is 6.07 Å². The van der Waals surface area contributed by atoms with Gasteiger partial charge in [-0.2, -0.15) is 0 Å². The zero-order chi connectivity index (χ0) is 18.9. The average molecular weight is 355 g/mol. The minimum atomic E-state index is -0.559. The molecule has 0 fully saturated rings. The second-order valence-electron chi connectivity index (χ2n) is 6.99. The molecule has 0 heterocycles. The molecule has 1 N–H and O–H groups in total. The maximum absolute atomic E-state index is 10.3. The van der Waals surface area contributed by atoms with Crippen LogP contribution in [0.3, 0.4) is 0 Å². The van der Waals surface area contributed by atoms with Gasteiger partial charge < -0.3 is 24.1 Å². The molecular formula is C19H33NO5. The van der Waals surface area contributed by atoms with Crippen LogP contribution < -0.4 is 9.47 Å². The Balaban J connectivity index is 2.71. The van der Waals surface area contributed by atoms with Crippen molar-refractivity contribution in [2.75, 3.05) is 47.6 Å². The number of rotatable bonds is 11. The molecule has 0 aliphatic heterocycles. The topological polar surface area (TPSA) is 60.4 Å². The summed E-state index contributed by atoms with van der Waals surface area (Å²) < 4.78 is 21.5. The zero-order valence-corrected chi connectivity index (χ0v) is 16.4. The van der Waals surface area contributed by atoms with E-state index < -0.39 is 6.10 Å². The monoisotopic (exact) mass is 355 g/mol. The number of hydrogen-bond acceptors (Lipinski definition) is 6. The summed E-state index contributed by atoms with van der Waals surface area (Å²) in [5.74, 6) is 1.40. The van der Waals surface area contributed by atoms with Crippen LogP contribution in [0.2, 0.25) is 0 Å². The lowest BCUT2D eigenvalue weighted by atomic mass is 10.1. The Morgan fingerprint density at radius 3 is 2.32 bits per heavy atom. The first-order valence-electron chi connectivity index (χ1n) is 8.53. The maximum Gasteiger partial charge on any atom is 0.161 e. The molecule has 0 saturated heterocycles. The van der Waals surface area contributed by atoms with E-state index >= 15 is 0 Å². The van der Waals surface area contributed by atoms with Crippen LogP contribution in [-0.4, -0.2) is 69.3 Å². The summed E-state index contributed by atoms with van der Waals surface area (Å²) in [6, 6.07) is 5.84. The molecule has 1 aromatic rings. The van der Waals surface area contributed by atoms with Gasteiger partial charge in [0.25, 0.3) is 0 Å². The summed E-state index contributed by atoms with van der Waals surface area (Å²) in [6.45, 7) is 8.74. The molecule has 6 nitrogen and oxygen atoms in total. The van der Waals surface area contributed by atoms with Crippen LogP contribution in [0.25, 0.3) is 0 Å². The molecule has 144 valence electrons. The minimum absolute atomic E-state index is 0.262. The Morgan fingerprint density at radius 2 is 1.76 bits per heavy atom. The van der Waals surface area contributed by atoms with Crippen LogP contribution in [0.4, 0.5) is 0 Å². The van der Waals surface area contributed by atoms with Crippen LogP contribution in [0.5, 0.6) is 11.5 Å². The normalized spacial score (nSPS) is 13.1. The Hall–Kier alpha value is -1.34. The fraction of sp³-hybridized carbons (Fsp3) is 0.684. The molecule has 1 atom stereocenters. The number of aliphatic hydroxyl groups excluding tert-OH is 1. The van der Waals surface area contributed by atoms with Gasteiger partial charge in [0.15, 0.2) is 11.5 Å². The molecule has 0 radical (unpaired) electrons. The van der Waals surface area contributed by atoms with E-state index in [1.54, 1.807) is 21.3 Å². The predicted molar refractivity (Wildman–Crippen MR) is 98.4 cm³/mol. The number of aliphatic hydroxyl groups is 1. The van der Waals surface area contributed by atoms with Gasteiger partial charge in [-0.25, -0.2) is 0 Å². The third kappa shape index (κ3) is 8.54. The molecular weight excluding hydrogens is 322 g/mol. The zero-order valence-electron chi connectivity index (χ0n) is 16.4. The van der Waals surface area contributed by atoms with Gasteiger partial charge in [-0.15, -0.1) is 0 Å². The number of ether oxygens (including phenoxy) is 4. The highest BCUT2D eigenvalue weighted by Gasteiger charge is 2.17. The van der Waals surface area contributed by atoms with Crippen LogP contribution in [0, 0.1) is 0 Å². The molecule has 0 bridgehead atoms. The van der Waals surface area contributed by atoms with Crippen molar-refractivity contribution in [2.45, 2.75) is 39.0 Å². The van der Waals surface area contributed by atoms with Crippen LogP contribution >= 0.6 is 0 Å². The Morgan fingerprint density at radius 1 is 1.08 bits per heavy atom. The summed E-state index contributed by atoms with van der Waals surface area (Å²) in [7, 11) is 4.92. The van der Waals surface area contributed by atoms with E-state index in [0.717, 1.165) is 12.1 Å². The van der Waals surface area contributed by atoms with Crippen molar-refractivity contribution in [3.8, 4) is 11.5 Å². The average Bonchev–Trinajstić information content (AvgIpc) is 2.57. The molecule has 0 aromatic heterocycles. The predicted octanol–water partition coefficient (Wildman–Crippen LogP) is 2.33. The molecule has 0 aliphatic carbocycles. The standard InChI is InChI=1S/C19H33NO5/c1-19(2,3)25-14-16(21)13-20(9-10-22-4)12-15-7-8-17(23-5)18(11-15)24-6/h7-8,11,16,21H,9-10,12-14H2,1-6H3/t16-/m1/s1. The SMILES string of the molecule is COCCN(Cc1ccc(OC)c(OC)c1)C[C@@H](O)COC(C)(C)C. The fourth-order valence-electron chi connectivity index (χ4n) is 2.39. The molecule has 0 amide bonds. The van der Waals surface area contributed by atoms with E-state index in [0.29, 0.717) is 37.8 Å². The maximum atomic E-state index is 10.3. The van der Waals surface area contributed by atoms with Crippen molar-refractivity contribution in [3.63, 3.8) is 0 Å². The molecule has 0 saturated carbocycles. The van der Waals surface area contributed by atoms with Gasteiger partial charge in [0.05, 0.1) is 39.1 Å². The highest BCUT2D eigenvalue weighted by molar-refractivity contribution is 5.42. The van der Waals surface area contributed by atoms with Crippen LogP contribution in [-0.2, 0) is 16.0 Å². The second-order valence-corrected chi connectivity index (χ2v) is 6.99. The van der Waals surface area contributed by atoms with Crippen LogP contribution in [0.15, 0.2) is 18.2 Å². The van der Waals surface area contributed by atoms with Gasteiger partial charge in [-0.3, -0.25) is 4.90 Å². The summed E-state index contributed by atoms with van der Waals surface area (Å²) in [5.41, 5.74) is 0.819. The van der Waals surface area contributed by atoms with E-state index in [-0.39, 0.29) is 5.60 Å². The van der Waals surface area contributed by atoms with E-state index in [1.165, 1.54) is 0 Å². The van der Waals surface area contributed by atoms with E-state index in [9.17, 15) is 5.11 Å². The number of benzene rings is 1. The van der Waals surface area contributed by atoms with Gasteiger partial charge >= 0.3 is 0 Å². The van der Waals surface area contributed by atoms with Crippen molar-refractivity contribution >= 4 is 0 Å². The fourth-order valence-corrected chi connectivity index (χ4v) is 2.39. The minimum Gasteiger partial charge on any atom is -0.493 e. The van der Waals surface area contributed by atoms with Crippen molar-refractivity contribution in [1.82, 2.24) is 4.90 Å². The van der Waals surface area contributed by atoms with Crippen molar-refractivity contribution in [3.05, 3.63) is 23.8 Å². The first kappa shape index (κ1) is 21.7. The molecule has 0 unspecified atom stereocenters. The Kier molecular flexibility index (Phi) is 9.21. The van der Waals surface area contributed by atoms with Gasteiger partial charge in [-0.05, 0) is 38.5 Å². The lowest BCUT2D eigenvalue weighted by molar-refractivity contribution is -0.0576. The summed E-state index contributed by atoms with van der Waals surface area (Å²) in [5, 5.41) is 10.3. The smallest absolute Gasteiger partial charge is 0.161 e. The van der Waals surface area contributed by atoms with Gasteiger partial charge in [0, 0.05) is 26.7 Å². The Labute approximate surface area is 151 Å². The number of methoxy groups -OCH3 is 3. The quantitative estimate of drug-likeness (QED) is 0.657. The third-order valence-corrected chi connectivity index (χ3v) is 3.64. The summed E-state index contributed by atoms with van der Waals surface area (Å²) in [4.78, 5) is 2.14. The lowest BCUT2D eigenvalue weighted by Crippen LogP contribution is -2.38. The van der Waals surface area contributed by atoms with Crippen molar-refractivity contribution in [1.29, 1.82) is 0 Å². The Bertz CT molecular complexity index is 501. The third-order valence-electron chi connectivity index (χ3n) is 3.64. The summed E-state index contributed by atoms with van der Waals surface area (Å²) in [6.07, 6.45) is -0.559. The van der Waals surface area contributed by atoms with Gasteiger partial charge in [0.2, 0.25) is 0 Å². The molecule has 0 aliphatic rings. The first-order valence-corrected chi connectivity index (χ1v) is 8.53. The lowest BCUT2D eigenvalue weighted by Gasteiger charge is -2.27. The molecule has 1 aromatic carbocycles. The van der Waals surface area contributed by atoms with Crippen molar-refractivity contribution < 1.29 is 24.1 Å². The largest absolute Gasteiger partial charge is 0.493 e. The second kappa shape index (κ2) is 10.6. The van der Waals surface area contributed by atoms with E-state index in [2.05, 4.69) is 4.90 Å². The highest BCUT2D eigenvalue weighted by atomic mass is 16.5. The molecule has 1 rings (SSSR count). The number of nitrogens with zero attached hydrogens (tertiary/aromatic N) is 1. The van der Waals surface area contributed by atoms with Crippen molar-refractivity contribution in [2.24, 2.45) is 0 Å². The van der Waals surface area contributed by atoms with E-state index in [4.69, 9.17) is 18.9 Å². The molecule has 25 heavy (non-hydrogen) atoms.